The van der Waals surface area contributed by atoms with E-state index in [1.807, 2.05) is 30.3 Å². The molecule has 2 heterocycles. The number of alkyl halides is 3. The van der Waals surface area contributed by atoms with Gasteiger partial charge in [0.2, 0.25) is 18.1 Å². The number of nitrogens with zero attached hydrogens (tertiary/aromatic N) is 3. The van der Waals surface area contributed by atoms with Gasteiger partial charge in [-0.15, -0.1) is 13.2 Å². The lowest BCUT2D eigenvalue weighted by Gasteiger charge is -2.34. The van der Waals surface area contributed by atoms with Crippen LogP contribution in [0.3, 0.4) is 0 Å². The summed E-state index contributed by atoms with van der Waals surface area (Å²) in [6.07, 6.45) is -3.35. The van der Waals surface area contributed by atoms with Crippen LogP contribution in [0, 0.1) is 0 Å². The summed E-state index contributed by atoms with van der Waals surface area (Å²) in [5.41, 5.74) is 1.64. The molecule has 1 amide bonds. The molecule has 2 unspecified atom stereocenters. The zero-order valence-electron chi connectivity index (χ0n) is 15.7. The highest BCUT2D eigenvalue weighted by Crippen LogP contribution is 2.36. The van der Waals surface area contributed by atoms with Gasteiger partial charge in [-0.3, -0.25) is 4.79 Å². The number of aromatic nitrogens is 2. The molecule has 6 nitrogen and oxygen atoms in total. The first kappa shape index (κ1) is 19.9. The maximum Gasteiger partial charge on any atom is 0.573 e. The van der Waals surface area contributed by atoms with Gasteiger partial charge in [-0.1, -0.05) is 47.6 Å². The summed E-state index contributed by atoms with van der Waals surface area (Å²) in [4.78, 5) is 17.6. The maximum atomic E-state index is 12.4. The van der Waals surface area contributed by atoms with Crippen LogP contribution < -0.4 is 4.74 Å². The average Bonchev–Trinajstić information content (AvgIpc) is 3.24. The summed E-state index contributed by atoms with van der Waals surface area (Å²) in [6, 6.07) is 15.1. The largest absolute Gasteiger partial charge is 0.573 e. The van der Waals surface area contributed by atoms with E-state index in [9.17, 15) is 18.0 Å². The van der Waals surface area contributed by atoms with Crippen LogP contribution in [0.4, 0.5) is 13.2 Å². The Morgan fingerprint density at radius 2 is 1.73 bits per heavy atom. The van der Waals surface area contributed by atoms with Crippen molar-refractivity contribution in [2.45, 2.75) is 24.6 Å². The van der Waals surface area contributed by atoms with Gasteiger partial charge in [0.05, 0.1) is 5.92 Å². The minimum absolute atomic E-state index is 0.0824. The summed E-state index contributed by atoms with van der Waals surface area (Å²) >= 11 is 0. The molecule has 2 aromatic carbocycles. The number of ether oxygens (including phenoxy) is 1. The highest BCUT2D eigenvalue weighted by molar-refractivity contribution is 5.53. The molecule has 0 saturated carbocycles. The van der Waals surface area contributed by atoms with E-state index in [2.05, 4.69) is 14.9 Å². The molecule has 0 bridgehead atoms. The van der Waals surface area contributed by atoms with E-state index in [1.165, 1.54) is 12.1 Å². The second kappa shape index (κ2) is 8.17. The number of carbonyl (C=O) groups is 1. The molecule has 1 aliphatic heterocycles. The topological polar surface area (TPSA) is 68.5 Å². The van der Waals surface area contributed by atoms with Crippen molar-refractivity contribution in [2.75, 3.05) is 13.1 Å². The molecule has 0 spiro atoms. The second-order valence-corrected chi connectivity index (χ2v) is 7.13. The summed E-state index contributed by atoms with van der Waals surface area (Å²) in [7, 11) is 0. The van der Waals surface area contributed by atoms with Crippen molar-refractivity contribution in [2.24, 2.45) is 0 Å². The van der Waals surface area contributed by atoms with Crippen LogP contribution in [-0.2, 0) is 4.79 Å². The Kier molecular flexibility index (Phi) is 5.43. The lowest BCUT2D eigenvalue weighted by molar-refractivity contribution is -0.274. The number of carbonyl (C=O) groups excluding carboxylic acids is 1. The van der Waals surface area contributed by atoms with E-state index < -0.39 is 6.36 Å². The Labute approximate surface area is 170 Å². The van der Waals surface area contributed by atoms with E-state index in [-0.39, 0.29) is 17.6 Å². The summed E-state index contributed by atoms with van der Waals surface area (Å²) < 4.78 is 46.5. The highest BCUT2D eigenvalue weighted by Gasteiger charge is 2.33. The van der Waals surface area contributed by atoms with Gasteiger partial charge in [0.15, 0.2) is 0 Å². The van der Waals surface area contributed by atoms with Crippen molar-refractivity contribution in [3.05, 3.63) is 66.1 Å². The molecule has 2 atom stereocenters. The normalized spacial score (nSPS) is 19.5. The van der Waals surface area contributed by atoms with Crippen LogP contribution in [0.2, 0.25) is 0 Å². The zero-order chi connectivity index (χ0) is 21.1. The number of benzene rings is 2. The molecule has 3 aromatic rings. The van der Waals surface area contributed by atoms with Gasteiger partial charge in [-0.2, -0.15) is 4.98 Å². The number of halogens is 3. The number of amides is 1. The number of hydrogen-bond donors (Lipinski definition) is 0. The molecule has 0 aliphatic carbocycles. The quantitative estimate of drug-likeness (QED) is 0.577. The summed E-state index contributed by atoms with van der Waals surface area (Å²) in [5.74, 6) is 0.364. The molecule has 1 fully saturated rings. The van der Waals surface area contributed by atoms with Crippen LogP contribution in [0.25, 0.3) is 11.4 Å². The van der Waals surface area contributed by atoms with Crippen molar-refractivity contribution in [3.63, 3.8) is 0 Å². The van der Waals surface area contributed by atoms with Gasteiger partial charge in [0, 0.05) is 24.6 Å². The number of rotatable bonds is 5. The van der Waals surface area contributed by atoms with Crippen LogP contribution >= 0.6 is 0 Å². The molecular weight excluding hydrogens is 399 g/mol. The molecule has 0 radical (unpaired) electrons. The third kappa shape index (κ3) is 4.61. The fraction of sp³-hybridized carbons (Fsp3) is 0.286. The molecule has 1 aromatic heterocycles. The fourth-order valence-corrected chi connectivity index (χ4v) is 3.69. The predicted molar refractivity (Wildman–Crippen MR) is 101 cm³/mol. The van der Waals surface area contributed by atoms with Gasteiger partial charge in [0.1, 0.15) is 5.75 Å². The molecule has 156 valence electrons. The van der Waals surface area contributed by atoms with Gasteiger partial charge in [-0.25, -0.2) is 0 Å². The molecule has 0 N–H and O–H groups in total. The Hall–Kier alpha value is -3.36. The second-order valence-electron chi connectivity index (χ2n) is 7.13. The van der Waals surface area contributed by atoms with Gasteiger partial charge in [-0.05, 0) is 24.1 Å². The third-order valence-electron chi connectivity index (χ3n) is 5.04. The number of likely N-dealkylation sites (tertiary alicyclic amines) is 1. The number of hydrogen-bond acceptors (Lipinski definition) is 5. The van der Waals surface area contributed by atoms with Crippen LogP contribution in [-0.4, -0.2) is 40.9 Å². The first-order chi connectivity index (χ1) is 14.4. The Balaban J connectivity index is 1.52. The smallest absolute Gasteiger partial charge is 0.406 e. The minimum atomic E-state index is -4.74. The monoisotopic (exact) mass is 417 g/mol. The molecular formula is C21H18F3N3O3. The van der Waals surface area contributed by atoms with Crippen LogP contribution in [0.1, 0.15) is 29.7 Å². The van der Waals surface area contributed by atoms with E-state index in [1.54, 1.807) is 17.0 Å². The summed E-state index contributed by atoms with van der Waals surface area (Å²) in [5, 5.41) is 4.04. The highest BCUT2D eigenvalue weighted by atomic mass is 19.4. The van der Waals surface area contributed by atoms with Crippen LogP contribution in [0.5, 0.6) is 5.75 Å². The maximum absolute atomic E-state index is 12.4. The van der Waals surface area contributed by atoms with Crippen molar-refractivity contribution in [1.29, 1.82) is 0 Å². The molecule has 4 rings (SSSR count). The van der Waals surface area contributed by atoms with Gasteiger partial charge >= 0.3 is 6.36 Å². The third-order valence-corrected chi connectivity index (χ3v) is 5.04. The summed E-state index contributed by atoms with van der Waals surface area (Å²) in [6.45, 7) is 0.894. The van der Waals surface area contributed by atoms with E-state index in [0.717, 1.165) is 17.5 Å². The molecule has 1 saturated heterocycles. The fourth-order valence-electron chi connectivity index (χ4n) is 3.69. The molecule has 30 heavy (non-hydrogen) atoms. The van der Waals surface area contributed by atoms with Crippen molar-refractivity contribution < 1.29 is 27.2 Å². The molecule has 9 heteroatoms. The predicted octanol–water partition coefficient (Wildman–Crippen LogP) is 4.36. The Morgan fingerprint density at radius 1 is 1.03 bits per heavy atom. The lowest BCUT2D eigenvalue weighted by atomic mass is 9.84. The average molecular weight is 417 g/mol. The van der Waals surface area contributed by atoms with Crippen LogP contribution in [0.15, 0.2) is 59.1 Å². The zero-order valence-corrected chi connectivity index (χ0v) is 15.7. The first-order valence-corrected chi connectivity index (χ1v) is 9.35. The van der Waals surface area contributed by atoms with Crippen molar-refractivity contribution >= 4 is 6.41 Å². The minimum Gasteiger partial charge on any atom is -0.406 e. The first-order valence-electron chi connectivity index (χ1n) is 9.35. The van der Waals surface area contributed by atoms with E-state index >= 15 is 0 Å². The number of piperidine rings is 1. The van der Waals surface area contributed by atoms with Gasteiger partial charge in [0.25, 0.3) is 0 Å². The van der Waals surface area contributed by atoms with E-state index in [4.69, 9.17) is 4.52 Å². The Bertz CT molecular complexity index is 990. The standard InChI is InChI=1S/C21H18F3N3O3/c22-21(23,24)29-18-8-6-14(7-9-18)16-10-17(12-27(11-16)13-28)20-25-19(26-30-20)15-4-2-1-3-5-15/h1-9,13,16-17H,10-12H2. The van der Waals surface area contributed by atoms with Crippen molar-refractivity contribution in [1.82, 2.24) is 15.0 Å². The lowest BCUT2D eigenvalue weighted by Crippen LogP contribution is -2.37. The van der Waals surface area contributed by atoms with Crippen molar-refractivity contribution in [3.8, 4) is 17.1 Å². The Morgan fingerprint density at radius 3 is 2.40 bits per heavy atom. The van der Waals surface area contributed by atoms with Gasteiger partial charge < -0.3 is 14.2 Å². The SMILES string of the molecule is O=CN1CC(c2ccc(OC(F)(F)F)cc2)CC(c2nc(-c3ccccc3)no2)C1. The molecule has 1 aliphatic rings. The van der Waals surface area contributed by atoms with E-state index in [0.29, 0.717) is 31.2 Å².